The van der Waals surface area contributed by atoms with E-state index in [1.165, 1.54) is 0 Å². The highest BCUT2D eigenvalue weighted by Gasteiger charge is 2.50. The number of benzene rings is 1. The fraction of sp³-hybridized carbons (Fsp3) is 0.450. The van der Waals surface area contributed by atoms with E-state index in [0.717, 1.165) is 10.5 Å². The molecule has 0 aromatic heterocycles. The molecule has 1 aliphatic heterocycles. The zero-order valence-corrected chi connectivity index (χ0v) is 15.7. The minimum atomic E-state index is -0.837. The average molecular weight is 372 g/mol. The summed E-state index contributed by atoms with van der Waals surface area (Å²) in [6.07, 6.45) is 4.98. The van der Waals surface area contributed by atoms with E-state index >= 15 is 0 Å². The number of imide groups is 1. The van der Waals surface area contributed by atoms with E-state index < -0.39 is 6.04 Å². The molecule has 1 fully saturated rings. The van der Waals surface area contributed by atoms with Gasteiger partial charge in [-0.1, -0.05) is 18.2 Å². The lowest BCUT2D eigenvalue weighted by atomic mass is 9.85. The molecular weight excluding hydrogens is 348 g/mol. The van der Waals surface area contributed by atoms with E-state index in [4.69, 9.17) is 9.47 Å². The van der Waals surface area contributed by atoms with Gasteiger partial charge in [-0.05, 0) is 37.5 Å². The van der Waals surface area contributed by atoms with Gasteiger partial charge in [-0.3, -0.25) is 19.3 Å². The first-order valence-electron chi connectivity index (χ1n) is 8.98. The quantitative estimate of drug-likeness (QED) is 0.606. The number of allylic oxidation sites excluding steroid dienone is 2. The molecule has 27 heavy (non-hydrogen) atoms. The third-order valence-corrected chi connectivity index (χ3v) is 5.22. The highest BCUT2D eigenvalue weighted by molar-refractivity contribution is 6.08. The normalized spacial score (nSPS) is 22.4. The van der Waals surface area contributed by atoms with Gasteiger partial charge in [-0.2, -0.15) is 0 Å². The van der Waals surface area contributed by atoms with E-state index in [-0.39, 0.29) is 36.1 Å². The molecular formula is C20H24N2O5. The lowest BCUT2D eigenvalue weighted by Gasteiger charge is -2.22. The molecule has 3 atom stereocenters. The smallest absolute Gasteiger partial charge is 0.243 e. The van der Waals surface area contributed by atoms with Gasteiger partial charge in [0.05, 0.1) is 26.1 Å². The van der Waals surface area contributed by atoms with Gasteiger partial charge in [0.25, 0.3) is 0 Å². The summed E-state index contributed by atoms with van der Waals surface area (Å²) in [5.41, 5.74) is 0.824. The Morgan fingerprint density at radius 1 is 1.11 bits per heavy atom. The van der Waals surface area contributed by atoms with Gasteiger partial charge in [-0.25, -0.2) is 0 Å². The second-order valence-corrected chi connectivity index (χ2v) is 6.79. The van der Waals surface area contributed by atoms with Gasteiger partial charge in [0.15, 0.2) is 11.5 Å². The SMILES string of the molecule is COc1ccc(CNC(=O)[C@@H](C)N2C(=O)[C@H]3CC=CC[C@@H]3C2=O)cc1OC. The summed E-state index contributed by atoms with van der Waals surface area (Å²) in [6.45, 7) is 1.85. The molecule has 7 heteroatoms. The highest BCUT2D eigenvalue weighted by atomic mass is 16.5. The fourth-order valence-corrected chi connectivity index (χ4v) is 3.65. The number of fused-ring (bicyclic) bond motifs is 1. The number of nitrogens with one attached hydrogen (secondary N) is 1. The van der Waals surface area contributed by atoms with Crippen LogP contribution in [0, 0.1) is 11.8 Å². The van der Waals surface area contributed by atoms with Crippen LogP contribution in [0.2, 0.25) is 0 Å². The number of rotatable bonds is 6. The molecule has 0 bridgehead atoms. The van der Waals surface area contributed by atoms with Crippen LogP contribution in [0.1, 0.15) is 25.3 Å². The van der Waals surface area contributed by atoms with Crippen LogP contribution >= 0.6 is 0 Å². The Labute approximate surface area is 158 Å². The molecule has 1 heterocycles. The van der Waals surface area contributed by atoms with E-state index in [1.807, 2.05) is 18.2 Å². The molecule has 1 aliphatic carbocycles. The van der Waals surface area contributed by atoms with Crippen LogP contribution in [-0.4, -0.2) is 42.9 Å². The average Bonchev–Trinajstić information content (AvgIpc) is 2.96. The fourth-order valence-electron chi connectivity index (χ4n) is 3.65. The Hall–Kier alpha value is -2.83. The summed E-state index contributed by atoms with van der Waals surface area (Å²) in [5.74, 6) is -0.347. The van der Waals surface area contributed by atoms with E-state index in [0.29, 0.717) is 24.3 Å². The van der Waals surface area contributed by atoms with Crippen molar-refractivity contribution in [3.8, 4) is 11.5 Å². The zero-order valence-electron chi connectivity index (χ0n) is 15.7. The van der Waals surface area contributed by atoms with Gasteiger partial charge in [0.1, 0.15) is 6.04 Å². The molecule has 144 valence electrons. The van der Waals surface area contributed by atoms with Crippen LogP contribution in [0.15, 0.2) is 30.4 Å². The van der Waals surface area contributed by atoms with Gasteiger partial charge in [-0.15, -0.1) is 0 Å². The predicted octanol–water partition coefficient (Wildman–Crippen LogP) is 1.66. The molecule has 1 aromatic carbocycles. The van der Waals surface area contributed by atoms with Crippen LogP contribution in [0.3, 0.4) is 0 Å². The largest absolute Gasteiger partial charge is 0.493 e. The Balaban J connectivity index is 1.64. The number of hydrogen-bond donors (Lipinski definition) is 1. The number of ether oxygens (including phenoxy) is 2. The summed E-state index contributed by atoms with van der Waals surface area (Å²) in [6, 6.07) is 4.51. The van der Waals surface area contributed by atoms with Crippen molar-refractivity contribution >= 4 is 17.7 Å². The minimum absolute atomic E-state index is 0.247. The summed E-state index contributed by atoms with van der Waals surface area (Å²) >= 11 is 0. The van der Waals surface area contributed by atoms with Gasteiger partial charge in [0, 0.05) is 6.54 Å². The lowest BCUT2D eigenvalue weighted by Crippen LogP contribution is -2.48. The molecule has 1 aromatic rings. The topological polar surface area (TPSA) is 84.9 Å². The van der Waals surface area contributed by atoms with Crippen LogP contribution < -0.4 is 14.8 Å². The van der Waals surface area contributed by atoms with Crippen LogP contribution in [0.25, 0.3) is 0 Å². The second-order valence-electron chi connectivity index (χ2n) is 6.79. The summed E-state index contributed by atoms with van der Waals surface area (Å²) < 4.78 is 10.4. The van der Waals surface area contributed by atoms with Crippen LogP contribution in [0.5, 0.6) is 11.5 Å². The number of carbonyl (C=O) groups is 3. The lowest BCUT2D eigenvalue weighted by molar-refractivity contribution is -0.147. The number of nitrogens with zero attached hydrogens (tertiary/aromatic N) is 1. The Kier molecular flexibility index (Phi) is 5.48. The third-order valence-electron chi connectivity index (χ3n) is 5.22. The molecule has 3 rings (SSSR count). The Morgan fingerprint density at radius 2 is 1.70 bits per heavy atom. The van der Waals surface area contributed by atoms with Crippen molar-refractivity contribution in [2.75, 3.05) is 14.2 Å². The summed E-state index contributed by atoms with van der Waals surface area (Å²) in [4.78, 5) is 38.9. The van der Waals surface area contributed by atoms with E-state index in [1.54, 1.807) is 33.3 Å². The number of methoxy groups -OCH3 is 2. The zero-order chi connectivity index (χ0) is 19.6. The molecule has 0 unspecified atom stereocenters. The first-order valence-corrected chi connectivity index (χ1v) is 8.98. The number of hydrogen-bond acceptors (Lipinski definition) is 5. The van der Waals surface area contributed by atoms with Gasteiger partial charge < -0.3 is 14.8 Å². The first-order chi connectivity index (χ1) is 13.0. The molecule has 2 aliphatic rings. The molecule has 3 amide bonds. The molecule has 1 saturated heterocycles. The Morgan fingerprint density at radius 3 is 2.26 bits per heavy atom. The molecule has 0 spiro atoms. The van der Waals surface area contributed by atoms with Crippen molar-refractivity contribution < 1.29 is 23.9 Å². The Bertz CT molecular complexity index is 763. The predicted molar refractivity (Wildman–Crippen MR) is 98.1 cm³/mol. The summed E-state index contributed by atoms with van der Waals surface area (Å²) in [5, 5.41) is 2.79. The number of carbonyl (C=O) groups excluding carboxylic acids is 3. The molecule has 0 saturated carbocycles. The first kappa shape index (κ1) is 18.9. The van der Waals surface area contributed by atoms with Crippen molar-refractivity contribution in [3.63, 3.8) is 0 Å². The van der Waals surface area contributed by atoms with Crippen molar-refractivity contribution in [3.05, 3.63) is 35.9 Å². The van der Waals surface area contributed by atoms with Crippen molar-refractivity contribution in [1.29, 1.82) is 0 Å². The van der Waals surface area contributed by atoms with Crippen molar-refractivity contribution in [2.45, 2.75) is 32.4 Å². The highest BCUT2D eigenvalue weighted by Crippen LogP contribution is 2.36. The van der Waals surface area contributed by atoms with Crippen LogP contribution in [0.4, 0.5) is 0 Å². The maximum absolute atomic E-state index is 12.6. The molecule has 7 nitrogen and oxygen atoms in total. The second kappa shape index (κ2) is 7.82. The molecule has 0 radical (unpaired) electrons. The monoisotopic (exact) mass is 372 g/mol. The van der Waals surface area contributed by atoms with Crippen molar-refractivity contribution in [2.24, 2.45) is 11.8 Å². The summed E-state index contributed by atoms with van der Waals surface area (Å²) in [7, 11) is 3.10. The minimum Gasteiger partial charge on any atom is -0.493 e. The molecule has 1 N–H and O–H groups in total. The van der Waals surface area contributed by atoms with E-state index in [2.05, 4.69) is 5.32 Å². The van der Waals surface area contributed by atoms with Gasteiger partial charge in [0.2, 0.25) is 17.7 Å². The number of amides is 3. The van der Waals surface area contributed by atoms with Crippen molar-refractivity contribution in [1.82, 2.24) is 10.2 Å². The third kappa shape index (κ3) is 3.54. The number of likely N-dealkylation sites (tertiary alicyclic amines) is 1. The van der Waals surface area contributed by atoms with Crippen LogP contribution in [-0.2, 0) is 20.9 Å². The maximum Gasteiger partial charge on any atom is 0.243 e. The van der Waals surface area contributed by atoms with E-state index in [9.17, 15) is 14.4 Å². The standard InChI is InChI=1S/C20H24N2O5/c1-12(22-19(24)14-6-4-5-7-15(14)20(22)25)18(23)21-11-13-8-9-16(26-2)17(10-13)27-3/h4-5,8-10,12,14-15H,6-7,11H2,1-3H3,(H,21,23)/t12-,14+,15+/m1/s1. The maximum atomic E-state index is 12.6. The van der Waals surface area contributed by atoms with Gasteiger partial charge >= 0.3 is 0 Å².